The fraction of sp³-hybridized carbons (Fsp3) is 0.0526. The van der Waals surface area contributed by atoms with Crippen molar-refractivity contribution in [3.8, 4) is 0 Å². The molecule has 0 aliphatic carbocycles. The Hall–Kier alpha value is -1.62. The molecule has 104 valence electrons. The predicted octanol–water partition coefficient (Wildman–Crippen LogP) is 5.06. The van der Waals surface area contributed by atoms with E-state index >= 15 is 0 Å². The summed E-state index contributed by atoms with van der Waals surface area (Å²) in [6, 6.07) is 31.5. The lowest BCUT2D eigenvalue weighted by molar-refractivity contribution is 1.35. The van der Waals surface area contributed by atoms with Gasteiger partial charge >= 0.3 is 0 Å². The molecule has 0 radical (unpaired) electrons. The summed E-state index contributed by atoms with van der Waals surface area (Å²) in [6.07, 6.45) is 0. The van der Waals surface area contributed by atoms with Gasteiger partial charge in [0.05, 0.1) is 5.12 Å². The van der Waals surface area contributed by atoms with Gasteiger partial charge in [0.1, 0.15) is 0 Å². The van der Waals surface area contributed by atoms with Crippen molar-refractivity contribution in [3.05, 3.63) is 96.6 Å². The van der Waals surface area contributed by atoms with Crippen LogP contribution in [0, 0.1) is 0 Å². The molecule has 3 aromatic rings. The maximum atomic E-state index is 6.87. The second-order valence-electron chi connectivity index (χ2n) is 4.79. The highest BCUT2D eigenvalue weighted by molar-refractivity contribution is 7.74. The van der Waals surface area contributed by atoms with E-state index in [9.17, 15) is 0 Å². The quantitative estimate of drug-likeness (QED) is 0.467. The van der Waals surface area contributed by atoms with Gasteiger partial charge in [-0.15, -0.1) is 11.6 Å². The summed E-state index contributed by atoms with van der Waals surface area (Å²) >= 11 is 6.87. The summed E-state index contributed by atoms with van der Waals surface area (Å²) in [7, 11) is -0.623. The van der Waals surface area contributed by atoms with Crippen LogP contribution >= 0.6 is 19.5 Å². The first-order valence-corrected chi connectivity index (χ1v) is 8.79. The molecule has 2 heteroatoms. The molecule has 1 atom stereocenters. The van der Waals surface area contributed by atoms with E-state index in [0.717, 1.165) is 0 Å². The highest BCUT2D eigenvalue weighted by Gasteiger charge is 2.23. The van der Waals surface area contributed by atoms with Gasteiger partial charge < -0.3 is 0 Å². The van der Waals surface area contributed by atoms with Crippen LogP contribution in [0.1, 0.15) is 10.7 Å². The van der Waals surface area contributed by atoms with Gasteiger partial charge in [0, 0.05) is 0 Å². The van der Waals surface area contributed by atoms with Crippen LogP contribution in [0.5, 0.6) is 0 Å². The van der Waals surface area contributed by atoms with Crippen molar-refractivity contribution in [2.24, 2.45) is 0 Å². The fourth-order valence-electron chi connectivity index (χ4n) is 2.35. The standard InChI is InChI=1S/C19H16ClP/c20-19(16-10-4-1-5-11-16)21(17-12-6-2-7-13-17)18-14-8-3-9-15-18/h1-15,19H. The maximum Gasteiger partial charge on any atom is 0.0863 e. The second-order valence-corrected chi connectivity index (χ2v) is 7.82. The minimum Gasteiger partial charge on any atom is -0.112 e. The van der Waals surface area contributed by atoms with Crippen LogP contribution in [0.15, 0.2) is 91.0 Å². The van der Waals surface area contributed by atoms with Gasteiger partial charge in [-0.25, -0.2) is 0 Å². The molecule has 0 bridgehead atoms. The molecule has 0 aliphatic rings. The molecule has 1 unspecified atom stereocenters. The van der Waals surface area contributed by atoms with Crippen LogP contribution in [0.2, 0.25) is 0 Å². The Labute approximate surface area is 132 Å². The van der Waals surface area contributed by atoms with E-state index < -0.39 is 7.92 Å². The summed E-state index contributed by atoms with van der Waals surface area (Å²) < 4.78 is 0. The number of rotatable bonds is 4. The third kappa shape index (κ3) is 3.35. The average molecular weight is 311 g/mol. The molecule has 0 nitrogen and oxygen atoms in total. The molecule has 0 spiro atoms. The Morgan fingerprint density at radius 2 is 0.952 bits per heavy atom. The molecule has 3 rings (SSSR count). The molecular weight excluding hydrogens is 295 g/mol. The third-order valence-electron chi connectivity index (χ3n) is 3.37. The van der Waals surface area contributed by atoms with Crippen molar-refractivity contribution in [1.82, 2.24) is 0 Å². The van der Waals surface area contributed by atoms with Crippen molar-refractivity contribution < 1.29 is 0 Å². The maximum absolute atomic E-state index is 6.87. The topological polar surface area (TPSA) is 0 Å². The van der Waals surface area contributed by atoms with Gasteiger partial charge in [0.15, 0.2) is 0 Å². The summed E-state index contributed by atoms with van der Waals surface area (Å²) in [5.74, 6) is 0. The predicted molar refractivity (Wildman–Crippen MR) is 94.1 cm³/mol. The van der Waals surface area contributed by atoms with E-state index in [2.05, 4.69) is 60.7 Å². The summed E-state index contributed by atoms with van der Waals surface area (Å²) in [4.78, 5) is 0. The Kier molecular flexibility index (Phi) is 4.70. The first-order valence-electron chi connectivity index (χ1n) is 6.94. The van der Waals surface area contributed by atoms with E-state index in [1.807, 2.05) is 30.3 Å². The number of halogens is 1. The highest BCUT2D eigenvalue weighted by atomic mass is 35.5. The molecule has 0 fully saturated rings. The molecule has 0 aromatic heterocycles. The first-order chi connectivity index (χ1) is 10.4. The monoisotopic (exact) mass is 310 g/mol. The smallest absolute Gasteiger partial charge is 0.0863 e. The molecule has 0 aliphatic heterocycles. The van der Waals surface area contributed by atoms with E-state index in [1.165, 1.54) is 16.2 Å². The Morgan fingerprint density at radius 3 is 1.38 bits per heavy atom. The van der Waals surface area contributed by atoms with E-state index in [1.54, 1.807) is 0 Å². The molecule has 0 N–H and O–H groups in total. The van der Waals surface area contributed by atoms with Crippen LogP contribution in [-0.2, 0) is 0 Å². The number of hydrogen-bond donors (Lipinski definition) is 0. The average Bonchev–Trinajstić information content (AvgIpc) is 2.58. The Bertz CT molecular complexity index is 628. The van der Waals surface area contributed by atoms with Gasteiger partial charge in [-0.1, -0.05) is 91.0 Å². The molecule has 0 amide bonds. The number of benzene rings is 3. The minimum atomic E-state index is -0.623. The summed E-state index contributed by atoms with van der Waals surface area (Å²) in [5.41, 5.74) is 1.18. The largest absolute Gasteiger partial charge is 0.112 e. The normalized spacial score (nSPS) is 12.3. The van der Waals surface area contributed by atoms with Crippen molar-refractivity contribution in [1.29, 1.82) is 0 Å². The molecule has 0 saturated carbocycles. The Balaban J connectivity index is 2.05. The van der Waals surface area contributed by atoms with Gasteiger partial charge in [0.25, 0.3) is 0 Å². The van der Waals surface area contributed by atoms with Crippen LogP contribution in [0.4, 0.5) is 0 Å². The van der Waals surface area contributed by atoms with Crippen LogP contribution in [0.3, 0.4) is 0 Å². The lowest BCUT2D eigenvalue weighted by atomic mass is 10.2. The molecule has 0 heterocycles. The SMILES string of the molecule is ClC(c1ccccc1)P(c1ccccc1)c1ccccc1. The first kappa shape index (κ1) is 14.3. The van der Waals surface area contributed by atoms with Crippen LogP contribution in [0.25, 0.3) is 0 Å². The van der Waals surface area contributed by atoms with Crippen molar-refractivity contribution >= 4 is 30.1 Å². The van der Waals surface area contributed by atoms with Gasteiger partial charge in [-0.3, -0.25) is 0 Å². The minimum absolute atomic E-state index is 0.0222. The van der Waals surface area contributed by atoms with Crippen molar-refractivity contribution in [3.63, 3.8) is 0 Å². The lowest BCUT2D eigenvalue weighted by Gasteiger charge is -2.24. The van der Waals surface area contributed by atoms with E-state index in [0.29, 0.717) is 0 Å². The molecule has 3 aromatic carbocycles. The zero-order chi connectivity index (χ0) is 14.5. The second kappa shape index (κ2) is 6.89. The third-order valence-corrected chi connectivity index (χ3v) is 6.67. The van der Waals surface area contributed by atoms with Gasteiger partial charge in [-0.2, -0.15) is 0 Å². The van der Waals surface area contributed by atoms with E-state index in [-0.39, 0.29) is 5.12 Å². The van der Waals surface area contributed by atoms with Crippen LogP contribution < -0.4 is 10.6 Å². The molecule has 21 heavy (non-hydrogen) atoms. The van der Waals surface area contributed by atoms with Crippen molar-refractivity contribution in [2.45, 2.75) is 5.12 Å². The summed E-state index contributed by atoms with van der Waals surface area (Å²) in [6.45, 7) is 0. The highest BCUT2D eigenvalue weighted by Crippen LogP contribution is 2.51. The zero-order valence-electron chi connectivity index (χ0n) is 11.6. The van der Waals surface area contributed by atoms with Gasteiger partial charge in [0.2, 0.25) is 0 Å². The fourth-order valence-corrected chi connectivity index (χ4v) is 5.45. The molecular formula is C19H16ClP. The number of alkyl halides is 1. The van der Waals surface area contributed by atoms with Crippen molar-refractivity contribution in [2.75, 3.05) is 0 Å². The molecule has 0 saturated heterocycles. The lowest BCUT2D eigenvalue weighted by Crippen LogP contribution is -2.14. The van der Waals surface area contributed by atoms with Gasteiger partial charge in [-0.05, 0) is 24.1 Å². The summed E-state index contributed by atoms with van der Waals surface area (Å²) in [5, 5.41) is 2.59. The Morgan fingerprint density at radius 1 is 0.571 bits per heavy atom. The van der Waals surface area contributed by atoms with Crippen LogP contribution in [-0.4, -0.2) is 0 Å². The number of hydrogen-bond acceptors (Lipinski definition) is 0. The zero-order valence-corrected chi connectivity index (χ0v) is 13.2. The van der Waals surface area contributed by atoms with E-state index in [4.69, 9.17) is 11.6 Å².